The average Bonchev–Trinajstić information content (AvgIpc) is 3.33. The van der Waals surface area contributed by atoms with Crippen molar-refractivity contribution in [2.45, 2.75) is 31.8 Å². The molecule has 1 saturated heterocycles. The van der Waals surface area contributed by atoms with Crippen LogP contribution in [0.5, 0.6) is 0 Å². The Hall–Kier alpha value is -3.88. The summed E-state index contributed by atoms with van der Waals surface area (Å²) in [6, 6.07) is 8.48. The van der Waals surface area contributed by atoms with Gasteiger partial charge in [-0.3, -0.25) is 19.4 Å². The predicted octanol–water partition coefficient (Wildman–Crippen LogP) is 2.48. The number of carbonyl (C=O) groups is 2. The number of nitrogens with zero attached hydrogens (tertiary/aromatic N) is 4. The molecule has 2 aliphatic rings. The molecule has 0 aliphatic carbocycles. The van der Waals surface area contributed by atoms with Crippen LogP contribution in [-0.2, 0) is 13.0 Å². The number of H-pyrrole nitrogens is 1. The van der Waals surface area contributed by atoms with E-state index >= 15 is 0 Å². The molecular formula is C24H22FN5O3. The van der Waals surface area contributed by atoms with E-state index in [1.165, 1.54) is 18.2 Å². The largest absolute Gasteiger partial charge is 0.332 e. The van der Waals surface area contributed by atoms with Crippen molar-refractivity contribution in [3.63, 3.8) is 0 Å². The van der Waals surface area contributed by atoms with Gasteiger partial charge in [-0.2, -0.15) is 0 Å². The lowest BCUT2D eigenvalue weighted by molar-refractivity contribution is 0.0728. The number of amides is 2. The van der Waals surface area contributed by atoms with Gasteiger partial charge in [0.05, 0.1) is 18.3 Å². The second-order valence-electron chi connectivity index (χ2n) is 8.26. The van der Waals surface area contributed by atoms with Crippen LogP contribution in [0, 0.1) is 5.82 Å². The van der Waals surface area contributed by atoms with E-state index in [0.29, 0.717) is 48.6 Å². The van der Waals surface area contributed by atoms with Gasteiger partial charge in [-0.15, -0.1) is 0 Å². The SMILES string of the molecule is O=C(c1ccncc1)N1CCc2c(nc([C@@H]3CCCN3C(=O)c3cccc(F)c3)[nH]c2=O)C1. The minimum absolute atomic E-state index is 0.143. The van der Waals surface area contributed by atoms with Crippen molar-refractivity contribution in [3.8, 4) is 0 Å². The molecule has 3 aromatic rings. The number of pyridine rings is 1. The van der Waals surface area contributed by atoms with Gasteiger partial charge in [-0.1, -0.05) is 6.07 Å². The number of likely N-dealkylation sites (tertiary alicyclic amines) is 1. The van der Waals surface area contributed by atoms with Gasteiger partial charge in [-0.25, -0.2) is 9.37 Å². The molecular weight excluding hydrogens is 425 g/mol. The Balaban J connectivity index is 1.42. The number of rotatable bonds is 3. The fourth-order valence-corrected chi connectivity index (χ4v) is 4.55. The Morgan fingerprint density at radius 3 is 2.67 bits per heavy atom. The van der Waals surface area contributed by atoms with Crippen molar-refractivity contribution in [1.29, 1.82) is 0 Å². The highest BCUT2D eigenvalue weighted by atomic mass is 19.1. The molecule has 1 N–H and O–H groups in total. The van der Waals surface area contributed by atoms with Crippen LogP contribution in [0.3, 0.4) is 0 Å². The van der Waals surface area contributed by atoms with Gasteiger partial charge in [0.25, 0.3) is 17.4 Å². The van der Waals surface area contributed by atoms with E-state index in [4.69, 9.17) is 4.98 Å². The van der Waals surface area contributed by atoms with Gasteiger partial charge in [-0.05, 0) is 49.6 Å². The van der Waals surface area contributed by atoms with Crippen LogP contribution in [0.4, 0.5) is 4.39 Å². The molecule has 0 unspecified atom stereocenters. The lowest BCUT2D eigenvalue weighted by Crippen LogP contribution is -2.40. The van der Waals surface area contributed by atoms with Crippen molar-refractivity contribution < 1.29 is 14.0 Å². The monoisotopic (exact) mass is 447 g/mol. The molecule has 0 bridgehead atoms. The zero-order valence-electron chi connectivity index (χ0n) is 17.8. The Kier molecular flexibility index (Phi) is 5.45. The van der Waals surface area contributed by atoms with E-state index in [1.54, 1.807) is 40.4 Å². The van der Waals surface area contributed by atoms with E-state index < -0.39 is 11.9 Å². The van der Waals surface area contributed by atoms with Crippen LogP contribution in [0.15, 0.2) is 53.6 Å². The molecule has 5 rings (SSSR count). The van der Waals surface area contributed by atoms with Crippen LogP contribution >= 0.6 is 0 Å². The van der Waals surface area contributed by atoms with E-state index in [9.17, 15) is 18.8 Å². The van der Waals surface area contributed by atoms with Gasteiger partial charge in [0.15, 0.2) is 0 Å². The molecule has 8 nitrogen and oxygen atoms in total. The van der Waals surface area contributed by atoms with Crippen LogP contribution in [0.25, 0.3) is 0 Å². The topological polar surface area (TPSA) is 99.3 Å². The second-order valence-corrected chi connectivity index (χ2v) is 8.26. The Morgan fingerprint density at radius 1 is 1.06 bits per heavy atom. The minimum Gasteiger partial charge on any atom is -0.332 e. The van der Waals surface area contributed by atoms with E-state index in [2.05, 4.69) is 9.97 Å². The summed E-state index contributed by atoms with van der Waals surface area (Å²) in [7, 11) is 0. The minimum atomic E-state index is -0.476. The lowest BCUT2D eigenvalue weighted by atomic mass is 10.0. The predicted molar refractivity (Wildman–Crippen MR) is 117 cm³/mol. The van der Waals surface area contributed by atoms with Crippen LogP contribution in [0.1, 0.15) is 56.7 Å². The number of fused-ring (bicyclic) bond motifs is 1. The third-order valence-corrected chi connectivity index (χ3v) is 6.21. The van der Waals surface area contributed by atoms with Gasteiger partial charge < -0.3 is 14.8 Å². The Labute approximate surface area is 189 Å². The second kappa shape index (κ2) is 8.57. The molecule has 9 heteroatoms. The fourth-order valence-electron chi connectivity index (χ4n) is 4.55. The zero-order valence-corrected chi connectivity index (χ0v) is 17.8. The van der Waals surface area contributed by atoms with Crippen molar-refractivity contribution in [1.82, 2.24) is 24.8 Å². The summed E-state index contributed by atoms with van der Waals surface area (Å²) in [5.41, 5.74) is 1.67. The summed E-state index contributed by atoms with van der Waals surface area (Å²) in [4.78, 5) is 53.5. The Morgan fingerprint density at radius 2 is 1.88 bits per heavy atom. The molecule has 2 aromatic heterocycles. The molecule has 0 saturated carbocycles. The molecule has 2 aliphatic heterocycles. The first-order valence-electron chi connectivity index (χ1n) is 10.9. The zero-order chi connectivity index (χ0) is 22.9. The van der Waals surface area contributed by atoms with Crippen molar-refractivity contribution >= 4 is 11.8 Å². The highest BCUT2D eigenvalue weighted by Gasteiger charge is 2.34. The number of carbonyl (C=O) groups excluding carboxylic acids is 2. The summed E-state index contributed by atoms with van der Waals surface area (Å²) in [6.07, 6.45) is 4.93. The molecule has 33 heavy (non-hydrogen) atoms. The quantitative estimate of drug-likeness (QED) is 0.665. The lowest BCUT2D eigenvalue weighted by Gasteiger charge is -2.29. The summed E-state index contributed by atoms with van der Waals surface area (Å²) in [6.45, 7) is 1.14. The summed E-state index contributed by atoms with van der Waals surface area (Å²) in [5.74, 6) is -0.516. The number of hydrogen-bond acceptors (Lipinski definition) is 5. The van der Waals surface area contributed by atoms with E-state index in [0.717, 1.165) is 6.42 Å². The maximum Gasteiger partial charge on any atom is 0.254 e. The van der Waals surface area contributed by atoms with Gasteiger partial charge in [0.1, 0.15) is 11.6 Å². The van der Waals surface area contributed by atoms with Crippen LogP contribution < -0.4 is 5.56 Å². The first-order valence-corrected chi connectivity index (χ1v) is 10.9. The van der Waals surface area contributed by atoms with Crippen LogP contribution in [-0.4, -0.2) is 49.7 Å². The molecule has 1 atom stereocenters. The standard InChI is InChI=1S/C24H22FN5O3/c25-17-4-1-3-16(13-17)24(33)30-11-2-5-20(30)21-27-19-14-29(12-8-18(19)22(31)28-21)23(32)15-6-9-26-10-7-15/h1,3-4,6-7,9-10,13,20H,2,5,8,11-12,14H2,(H,27,28,31)/t20-/m0/s1. The molecule has 2 amide bonds. The fraction of sp³-hybridized carbons (Fsp3) is 0.292. The summed E-state index contributed by atoms with van der Waals surface area (Å²) < 4.78 is 13.6. The number of halogens is 1. The highest BCUT2D eigenvalue weighted by Crippen LogP contribution is 2.31. The van der Waals surface area contributed by atoms with Gasteiger partial charge in [0.2, 0.25) is 0 Å². The number of aromatic nitrogens is 3. The maximum atomic E-state index is 13.6. The highest BCUT2D eigenvalue weighted by molar-refractivity contribution is 5.95. The maximum absolute atomic E-state index is 13.6. The molecule has 0 spiro atoms. The molecule has 168 valence electrons. The third-order valence-electron chi connectivity index (χ3n) is 6.21. The van der Waals surface area contributed by atoms with E-state index in [1.807, 2.05) is 0 Å². The number of aromatic amines is 1. The average molecular weight is 447 g/mol. The molecule has 1 fully saturated rings. The number of nitrogens with one attached hydrogen (secondary N) is 1. The smallest absolute Gasteiger partial charge is 0.254 e. The van der Waals surface area contributed by atoms with E-state index in [-0.39, 0.29) is 29.5 Å². The first kappa shape index (κ1) is 21.0. The summed E-state index contributed by atoms with van der Waals surface area (Å²) >= 11 is 0. The first-order chi connectivity index (χ1) is 16.0. The number of benzene rings is 1. The normalized spacial score (nSPS) is 17.7. The molecule has 1 aromatic carbocycles. The molecule has 4 heterocycles. The van der Waals surface area contributed by atoms with Crippen molar-refractivity contribution in [2.24, 2.45) is 0 Å². The van der Waals surface area contributed by atoms with Gasteiger partial charge >= 0.3 is 0 Å². The van der Waals surface area contributed by atoms with Gasteiger partial charge in [0, 0.05) is 42.2 Å². The Bertz CT molecular complexity index is 1280. The number of hydrogen-bond donors (Lipinski definition) is 1. The van der Waals surface area contributed by atoms with Crippen LogP contribution in [0.2, 0.25) is 0 Å². The third kappa shape index (κ3) is 4.02. The summed E-state index contributed by atoms with van der Waals surface area (Å²) in [5, 5.41) is 0. The van der Waals surface area contributed by atoms with Crippen molar-refractivity contribution in [2.75, 3.05) is 13.1 Å². The van der Waals surface area contributed by atoms with Crippen molar-refractivity contribution in [3.05, 3.63) is 93.2 Å². The molecule has 0 radical (unpaired) electrons.